The average molecular weight is 188 g/mol. The SMILES string of the molecule is CC1(N=C=O)C=CC=C(N=C=O)C=C1. The lowest BCUT2D eigenvalue weighted by molar-refractivity contribution is 0.556. The van der Waals surface area contributed by atoms with Crippen molar-refractivity contribution in [2.75, 3.05) is 0 Å². The molecule has 1 rings (SSSR count). The Morgan fingerprint density at radius 2 is 2.07 bits per heavy atom. The minimum absolute atomic E-state index is 0.473. The Balaban J connectivity index is 3.02. The van der Waals surface area contributed by atoms with Crippen molar-refractivity contribution in [1.29, 1.82) is 0 Å². The molecule has 4 heteroatoms. The van der Waals surface area contributed by atoms with Gasteiger partial charge in [-0.3, -0.25) is 0 Å². The van der Waals surface area contributed by atoms with E-state index in [1.54, 1.807) is 37.3 Å². The molecule has 0 aromatic carbocycles. The van der Waals surface area contributed by atoms with Gasteiger partial charge in [0.05, 0.1) is 5.70 Å². The highest BCUT2D eigenvalue weighted by molar-refractivity contribution is 5.44. The number of isocyanates is 2. The highest BCUT2D eigenvalue weighted by Gasteiger charge is 2.16. The Morgan fingerprint density at radius 3 is 2.71 bits per heavy atom. The van der Waals surface area contributed by atoms with Crippen LogP contribution >= 0.6 is 0 Å². The molecule has 1 atom stereocenters. The second kappa shape index (κ2) is 4.28. The van der Waals surface area contributed by atoms with Crippen molar-refractivity contribution in [3.8, 4) is 0 Å². The van der Waals surface area contributed by atoms with Crippen LogP contribution < -0.4 is 0 Å². The molecule has 1 aliphatic rings. The Morgan fingerprint density at radius 1 is 1.29 bits per heavy atom. The third kappa shape index (κ3) is 2.49. The van der Waals surface area contributed by atoms with Crippen molar-refractivity contribution in [1.82, 2.24) is 0 Å². The van der Waals surface area contributed by atoms with Crippen LogP contribution in [0.3, 0.4) is 0 Å². The second-order valence-corrected chi connectivity index (χ2v) is 2.92. The predicted molar refractivity (Wildman–Crippen MR) is 51.0 cm³/mol. The van der Waals surface area contributed by atoms with E-state index < -0.39 is 5.54 Å². The van der Waals surface area contributed by atoms with Gasteiger partial charge in [-0.05, 0) is 19.1 Å². The van der Waals surface area contributed by atoms with E-state index >= 15 is 0 Å². The number of hydrogen-bond donors (Lipinski definition) is 0. The van der Waals surface area contributed by atoms with E-state index in [0.717, 1.165) is 0 Å². The first-order valence-electron chi connectivity index (χ1n) is 3.96. The van der Waals surface area contributed by atoms with Gasteiger partial charge in [-0.1, -0.05) is 18.2 Å². The van der Waals surface area contributed by atoms with Gasteiger partial charge in [-0.2, -0.15) is 9.98 Å². The lowest BCUT2D eigenvalue weighted by Gasteiger charge is -2.11. The van der Waals surface area contributed by atoms with Crippen molar-refractivity contribution in [3.63, 3.8) is 0 Å². The number of nitrogens with zero attached hydrogens (tertiary/aromatic N) is 2. The van der Waals surface area contributed by atoms with Crippen molar-refractivity contribution in [3.05, 3.63) is 36.1 Å². The Hall–Kier alpha value is -2.02. The summed E-state index contributed by atoms with van der Waals surface area (Å²) >= 11 is 0. The lowest BCUT2D eigenvalue weighted by atomic mass is 10.0. The summed E-state index contributed by atoms with van der Waals surface area (Å²) in [4.78, 5) is 27.2. The van der Waals surface area contributed by atoms with Crippen molar-refractivity contribution in [2.45, 2.75) is 12.5 Å². The van der Waals surface area contributed by atoms with Crippen LogP contribution in [0, 0.1) is 0 Å². The Labute approximate surface area is 81.1 Å². The molecule has 4 nitrogen and oxygen atoms in total. The van der Waals surface area contributed by atoms with E-state index in [1.807, 2.05) is 0 Å². The minimum Gasteiger partial charge on any atom is -0.211 e. The molecule has 0 spiro atoms. The highest BCUT2D eigenvalue weighted by Crippen LogP contribution is 2.18. The van der Waals surface area contributed by atoms with Gasteiger partial charge in [-0.15, -0.1) is 0 Å². The van der Waals surface area contributed by atoms with Gasteiger partial charge in [0.1, 0.15) is 5.54 Å². The van der Waals surface area contributed by atoms with E-state index in [-0.39, 0.29) is 0 Å². The van der Waals surface area contributed by atoms with E-state index in [0.29, 0.717) is 5.70 Å². The largest absolute Gasteiger partial charge is 0.240 e. The summed E-state index contributed by atoms with van der Waals surface area (Å²) in [5.41, 5.74) is -0.237. The van der Waals surface area contributed by atoms with Crippen LogP contribution in [-0.2, 0) is 9.59 Å². The van der Waals surface area contributed by atoms with E-state index in [2.05, 4.69) is 9.98 Å². The Bertz CT molecular complexity index is 408. The molecule has 14 heavy (non-hydrogen) atoms. The fraction of sp³-hybridized carbons (Fsp3) is 0.200. The maximum absolute atomic E-state index is 10.1. The quantitative estimate of drug-likeness (QED) is 0.486. The van der Waals surface area contributed by atoms with Gasteiger partial charge in [0.2, 0.25) is 12.2 Å². The molecule has 70 valence electrons. The van der Waals surface area contributed by atoms with Gasteiger partial charge in [0.15, 0.2) is 0 Å². The van der Waals surface area contributed by atoms with E-state index in [9.17, 15) is 9.59 Å². The molecule has 0 aromatic heterocycles. The number of allylic oxidation sites excluding steroid dienone is 3. The smallest absolute Gasteiger partial charge is 0.211 e. The molecule has 0 N–H and O–H groups in total. The zero-order chi connectivity index (χ0) is 10.4. The molecule has 0 radical (unpaired) electrons. The molecule has 0 heterocycles. The van der Waals surface area contributed by atoms with Gasteiger partial charge in [0.25, 0.3) is 0 Å². The van der Waals surface area contributed by atoms with Crippen LogP contribution in [0.15, 0.2) is 46.1 Å². The molecule has 1 aliphatic carbocycles. The van der Waals surface area contributed by atoms with Gasteiger partial charge >= 0.3 is 0 Å². The van der Waals surface area contributed by atoms with Crippen molar-refractivity contribution in [2.24, 2.45) is 9.98 Å². The Kier molecular flexibility index (Phi) is 3.08. The molecule has 0 aromatic rings. The predicted octanol–water partition coefficient (Wildman–Crippen LogP) is 1.43. The topological polar surface area (TPSA) is 58.9 Å². The lowest BCUT2D eigenvalue weighted by Crippen LogP contribution is -2.13. The molecular weight excluding hydrogens is 180 g/mol. The van der Waals surface area contributed by atoms with E-state index in [1.165, 1.54) is 12.2 Å². The van der Waals surface area contributed by atoms with Gasteiger partial charge < -0.3 is 0 Å². The number of aliphatic imine (C=N–C) groups is 2. The fourth-order valence-electron chi connectivity index (χ4n) is 1.01. The standard InChI is InChI=1S/C10H8N2O2/c1-10(12-8-14)5-2-3-9(4-6-10)11-7-13/h2-6H,1H3. The first kappa shape index (κ1) is 10.1. The van der Waals surface area contributed by atoms with Crippen molar-refractivity contribution < 1.29 is 9.59 Å². The van der Waals surface area contributed by atoms with Crippen LogP contribution in [0.5, 0.6) is 0 Å². The average Bonchev–Trinajstić information content (AvgIpc) is 2.30. The molecule has 0 saturated carbocycles. The molecule has 0 bridgehead atoms. The second-order valence-electron chi connectivity index (χ2n) is 2.92. The summed E-state index contributed by atoms with van der Waals surface area (Å²) < 4.78 is 0. The van der Waals surface area contributed by atoms with Crippen LogP contribution in [-0.4, -0.2) is 17.7 Å². The maximum Gasteiger partial charge on any atom is 0.240 e. The van der Waals surface area contributed by atoms with Crippen LogP contribution in [0.1, 0.15) is 6.92 Å². The third-order valence-corrected chi connectivity index (χ3v) is 1.75. The number of carbonyl (C=O) groups excluding carboxylic acids is 2. The molecule has 0 aliphatic heterocycles. The first-order chi connectivity index (χ1) is 6.70. The van der Waals surface area contributed by atoms with Crippen LogP contribution in [0.25, 0.3) is 0 Å². The van der Waals surface area contributed by atoms with Crippen molar-refractivity contribution >= 4 is 12.2 Å². The molecule has 1 unspecified atom stereocenters. The highest BCUT2D eigenvalue weighted by atomic mass is 16.1. The molecule has 0 amide bonds. The number of hydrogen-bond acceptors (Lipinski definition) is 4. The minimum atomic E-state index is -0.710. The number of rotatable bonds is 2. The summed E-state index contributed by atoms with van der Waals surface area (Å²) in [5.74, 6) is 0. The van der Waals surface area contributed by atoms with Crippen LogP contribution in [0.2, 0.25) is 0 Å². The summed E-state index contributed by atoms with van der Waals surface area (Å²) in [7, 11) is 0. The van der Waals surface area contributed by atoms with Crippen LogP contribution in [0.4, 0.5) is 0 Å². The zero-order valence-electron chi connectivity index (χ0n) is 7.60. The zero-order valence-corrected chi connectivity index (χ0v) is 7.60. The summed E-state index contributed by atoms with van der Waals surface area (Å²) in [5, 5.41) is 0. The third-order valence-electron chi connectivity index (χ3n) is 1.75. The summed E-state index contributed by atoms with van der Waals surface area (Å²) in [6.07, 6.45) is 11.2. The summed E-state index contributed by atoms with van der Waals surface area (Å²) in [6.45, 7) is 1.74. The molecular formula is C10H8N2O2. The van der Waals surface area contributed by atoms with E-state index in [4.69, 9.17) is 0 Å². The first-order valence-corrected chi connectivity index (χ1v) is 3.96. The summed E-state index contributed by atoms with van der Waals surface area (Å²) in [6, 6.07) is 0. The van der Waals surface area contributed by atoms with Gasteiger partial charge in [0, 0.05) is 0 Å². The van der Waals surface area contributed by atoms with Gasteiger partial charge in [-0.25, -0.2) is 9.59 Å². The maximum atomic E-state index is 10.1. The molecule has 0 saturated heterocycles. The fourth-order valence-corrected chi connectivity index (χ4v) is 1.01. The normalized spacial score (nSPS) is 24.2. The molecule has 0 fully saturated rings. The monoisotopic (exact) mass is 188 g/mol.